The van der Waals surface area contributed by atoms with Crippen molar-refractivity contribution >= 4 is 11.6 Å². The van der Waals surface area contributed by atoms with Crippen molar-refractivity contribution in [3.63, 3.8) is 0 Å². The molecule has 0 bridgehead atoms. The first kappa shape index (κ1) is 19.3. The largest absolute Gasteiger partial charge is 0.468 e. The number of aryl methyl sites for hydroxylation is 1. The van der Waals surface area contributed by atoms with E-state index in [9.17, 15) is 4.79 Å². The first-order valence-corrected chi connectivity index (χ1v) is 10.1. The number of furan rings is 1. The van der Waals surface area contributed by atoms with Gasteiger partial charge in [0, 0.05) is 44.0 Å². The first-order chi connectivity index (χ1) is 14.2. The molecule has 2 aromatic carbocycles. The summed E-state index contributed by atoms with van der Waals surface area (Å²) in [6.45, 7) is 6.25. The molecule has 5 heteroatoms. The van der Waals surface area contributed by atoms with Crippen LogP contribution in [0.5, 0.6) is 0 Å². The summed E-state index contributed by atoms with van der Waals surface area (Å²) < 4.78 is 5.71. The van der Waals surface area contributed by atoms with E-state index in [1.807, 2.05) is 49.4 Å². The number of nitrogens with zero attached hydrogens (tertiary/aromatic N) is 2. The molecule has 1 atom stereocenters. The van der Waals surface area contributed by atoms with Crippen LogP contribution in [-0.2, 0) is 0 Å². The number of amides is 1. The molecule has 1 aliphatic heterocycles. The third kappa shape index (κ3) is 4.69. The average molecular weight is 389 g/mol. The van der Waals surface area contributed by atoms with E-state index in [4.69, 9.17) is 4.42 Å². The number of carbonyl (C=O) groups excluding carboxylic acids is 1. The fourth-order valence-electron chi connectivity index (χ4n) is 3.90. The molecule has 0 radical (unpaired) electrons. The molecule has 0 saturated carbocycles. The van der Waals surface area contributed by atoms with E-state index in [-0.39, 0.29) is 11.9 Å². The predicted octanol–water partition coefficient (Wildman–Crippen LogP) is 3.88. The zero-order chi connectivity index (χ0) is 20.1. The quantitative estimate of drug-likeness (QED) is 0.695. The summed E-state index contributed by atoms with van der Waals surface area (Å²) in [5.74, 6) is 0.843. The molecule has 3 aromatic rings. The van der Waals surface area contributed by atoms with Gasteiger partial charge in [-0.15, -0.1) is 0 Å². The van der Waals surface area contributed by atoms with Crippen LogP contribution in [0.15, 0.2) is 77.4 Å². The minimum Gasteiger partial charge on any atom is -0.468 e. The van der Waals surface area contributed by atoms with Crippen molar-refractivity contribution in [1.82, 2.24) is 10.2 Å². The highest BCUT2D eigenvalue weighted by Gasteiger charge is 2.27. The molecular formula is C24H27N3O2. The van der Waals surface area contributed by atoms with Crippen LogP contribution in [0.4, 0.5) is 5.69 Å². The zero-order valence-corrected chi connectivity index (χ0v) is 16.8. The van der Waals surface area contributed by atoms with Crippen molar-refractivity contribution in [2.75, 3.05) is 37.6 Å². The molecule has 1 fully saturated rings. The van der Waals surface area contributed by atoms with Crippen LogP contribution < -0.4 is 10.2 Å². The number of para-hydroxylation sites is 1. The highest BCUT2D eigenvalue weighted by atomic mass is 16.3. The topological polar surface area (TPSA) is 48.7 Å². The Labute approximate surface area is 171 Å². The molecule has 1 saturated heterocycles. The van der Waals surface area contributed by atoms with Gasteiger partial charge in [0.25, 0.3) is 5.91 Å². The Hall–Kier alpha value is -3.05. The average Bonchev–Trinajstić information content (AvgIpc) is 3.29. The molecule has 1 amide bonds. The minimum atomic E-state index is -0.0480. The Morgan fingerprint density at radius 1 is 1.00 bits per heavy atom. The second-order valence-electron chi connectivity index (χ2n) is 7.47. The molecule has 1 aromatic heterocycles. The van der Waals surface area contributed by atoms with Gasteiger partial charge in [-0.1, -0.05) is 35.9 Å². The minimum absolute atomic E-state index is 0.0247. The molecular weight excluding hydrogens is 362 g/mol. The number of carbonyl (C=O) groups is 1. The maximum Gasteiger partial charge on any atom is 0.251 e. The lowest BCUT2D eigenvalue weighted by Gasteiger charge is -2.39. The monoisotopic (exact) mass is 389 g/mol. The van der Waals surface area contributed by atoms with Crippen LogP contribution in [0.2, 0.25) is 0 Å². The summed E-state index contributed by atoms with van der Waals surface area (Å²) in [7, 11) is 0. The van der Waals surface area contributed by atoms with Crippen molar-refractivity contribution < 1.29 is 9.21 Å². The Kier molecular flexibility index (Phi) is 5.96. The van der Waals surface area contributed by atoms with Crippen molar-refractivity contribution in [3.8, 4) is 0 Å². The summed E-state index contributed by atoms with van der Waals surface area (Å²) in [6.07, 6.45) is 1.70. The van der Waals surface area contributed by atoms with E-state index in [1.54, 1.807) is 6.26 Å². The Morgan fingerprint density at radius 2 is 1.79 bits per heavy atom. The van der Waals surface area contributed by atoms with Gasteiger partial charge >= 0.3 is 0 Å². The molecule has 1 unspecified atom stereocenters. The lowest BCUT2D eigenvalue weighted by Crippen LogP contribution is -2.49. The standard InChI is InChI=1S/C24H27N3O2/c1-19-7-5-8-20(17-19)24(28)25-18-22(23-11-6-16-29-23)27-14-12-26(13-15-27)21-9-3-2-4-10-21/h2-11,16-17,22H,12-15,18H2,1H3,(H,25,28). The summed E-state index contributed by atoms with van der Waals surface area (Å²) in [5.41, 5.74) is 3.03. The van der Waals surface area contributed by atoms with Gasteiger partial charge < -0.3 is 14.6 Å². The molecule has 0 spiro atoms. The predicted molar refractivity (Wildman–Crippen MR) is 115 cm³/mol. The van der Waals surface area contributed by atoms with Gasteiger partial charge in [-0.25, -0.2) is 0 Å². The van der Waals surface area contributed by atoms with E-state index < -0.39 is 0 Å². The van der Waals surface area contributed by atoms with Gasteiger partial charge in [-0.2, -0.15) is 0 Å². The van der Waals surface area contributed by atoms with Gasteiger partial charge in [0.1, 0.15) is 5.76 Å². The van der Waals surface area contributed by atoms with Gasteiger partial charge in [0.15, 0.2) is 0 Å². The van der Waals surface area contributed by atoms with Gasteiger partial charge in [0.2, 0.25) is 0 Å². The van der Waals surface area contributed by atoms with Crippen molar-refractivity contribution in [1.29, 1.82) is 0 Å². The first-order valence-electron chi connectivity index (χ1n) is 10.1. The third-order valence-corrected chi connectivity index (χ3v) is 5.48. The maximum atomic E-state index is 12.6. The molecule has 0 aliphatic carbocycles. The molecule has 1 N–H and O–H groups in total. The number of rotatable bonds is 6. The van der Waals surface area contributed by atoms with Crippen LogP contribution in [-0.4, -0.2) is 43.5 Å². The van der Waals surface area contributed by atoms with Crippen LogP contribution in [0.1, 0.15) is 27.7 Å². The van der Waals surface area contributed by atoms with Crippen LogP contribution in [0.3, 0.4) is 0 Å². The number of nitrogens with one attached hydrogen (secondary N) is 1. The molecule has 29 heavy (non-hydrogen) atoms. The van der Waals surface area contributed by atoms with E-state index in [0.29, 0.717) is 12.1 Å². The Balaban J connectivity index is 1.41. The molecule has 150 valence electrons. The third-order valence-electron chi connectivity index (χ3n) is 5.48. The second kappa shape index (κ2) is 8.97. The van der Waals surface area contributed by atoms with Crippen molar-refractivity contribution in [2.45, 2.75) is 13.0 Å². The Bertz CT molecular complexity index is 916. The van der Waals surface area contributed by atoms with Crippen molar-refractivity contribution in [3.05, 3.63) is 89.9 Å². The smallest absolute Gasteiger partial charge is 0.251 e. The zero-order valence-electron chi connectivity index (χ0n) is 16.8. The summed E-state index contributed by atoms with van der Waals surface area (Å²) in [4.78, 5) is 17.4. The Morgan fingerprint density at radius 3 is 2.48 bits per heavy atom. The van der Waals surface area contributed by atoms with Gasteiger partial charge in [0.05, 0.1) is 12.3 Å². The van der Waals surface area contributed by atoms with E-state index in [0.717, 1.165) is 37.5 Å². The molecule has 2 heterocycles. The van der Waals surface area contributed by atoms with Gasteiger partial charge in [-0.3, -0.25) is 9.69 Å². The van der Waals surface area contributed by atoms with Crippen LogP contribution in [0, 0.1) is 6.92 Å². The number of hydrogen-bond acceptors (Lipinski definition) is 4. The molecule has 5 nitrogen and oxygen atoms in total. The normalized spacial score (nSPS) is 15.8. The summed E-state index contributed by atoms with van der Waals surface area (Å²) in [6, 6.07) is 22.1. The van der Waals surface area contributed by atoms with Crippen molar-refractivity contribution in [2.24, 2.45) is 0 Å². The van der Waals surface area contributed by atoms with E-state index in [2.05, 4.69) is 39.4 Å². The fourth-order valence-corrected chi connectivity index (χ4v) is 3.90. The van der Waals surface area contributed by atoms with E-state index in [1.165, 1.54) is 5.69 Å². The lowest BCUT2D eigenvalue weighted by molar-refractivity contribution is 0.0922. The number of benzene rings is 2. The number of hydrogen-bond donors (Lipinski definition) is 1. The fraction of sp³-hybridized carbons (Fsp3) is 0.292. The summed E-state index contributed by atoms with van der Waals surface area (Å²) >= 11 is 0. The van der Waals surface area contributed by atoms with Gasteiger partial charge in [-0.05, 0) is 43.3 Å². The SMILES string of the molecule is Cc1cccc(C(=O)NCC(c2ccco2)N2CCN(c3ccccc3)CC2)c1. The highest BCUT2D eigenvalue weighted by Crippen LogP contribution is 2.24. The lowest BCUT2D eigenvalue weighted by atomic mass is 10.1. The van der Waals surface area contributed by atoms with Crippen LogP contribution in [0.25, 0.3) is 0 Å². The molecule has 1 aliphatic rings. The number of anilines is 1. The van der Waals surface area contributed by atoms with E-state index >= 15 is 0 Å². The summed E-state index contributed by atoms with van der Waals surface area (Å²) in [5, 5.41) is 3.10. The highest BCUT2D eigenvalue weighted by molar-refractivity contribution is 5.94. The maximum absolute atomic E-state index is 12.6. The molecule has 4 rings (SSSR count). The number of piperazine rings is 1. The van der Waals surface area contributed by atoms with Crippen LogP contribution >= 0.6 is 0 Å². The second-order valence-corrected chi connectivity index (χ2v) is 7.47.